The summed E-state index contributed by atoms with van der Waals surface area (Å²) in [6.07, 6.45) is 1.26. The summed E-state index contributed by atoms with van der Waals surface area (Å²) < 4.78 is 19.7. The molecule has 3 aromatic rings. The molecule has 2 aromatic heterocycles. The number of methoxy groups -OCH3 is 1. The Bertz CT molecular complexity index is 1420. The van der Waals surface area contributed by atoms with Crippen molar-refractivity contribution >= 4 is 17.7 Å². The van der Waals surface area contributed by atoms with E-state index in [0.29, 0.717) is 59.3 Å². The molecule has 0 bridgehead atoms. The van der Waals surface area contributed by atoms with Crippen LogP contribution >= 0.6 is 0 Å². The second-order valence-electron chi connectivity index (χ2n) is 9.51. The van der Waals surface area contributed by atoms with E-state index in [0.717, 1.165) is 12.0 Å². The van der Waals surface area contributed by atoms with E-state index >= 15 is 0 Å². The zero-order valence-electron chi connectivity index (χ0n) is 21.7. The summed E-state index contributed by atoms with van der Waals surface area (Å²) in [4.78, 5) is 37.9. The SMILES string of the molecule is COc1cccc(-c2cc(F)ccc2[C@H]2Cc3nc(N)nc(C)c3C(NOCC(=O)N3CCC[C@@H](O)C3)=N2)n1. The average molecular weight is 536 g/mol. The van der Waals surface area contributed by atoms with Gasteiger partial charge in [-0.05, 0) is 43.5 Å². The van der Waals surface area contributed by atoms with Crippen molar-refractivity contribution in [2.45, 2.75) is 38.3 Å². The lowest BCUT2D eigenvalue weighted by Gasteiger charge is -2.30. The number of aryl methyl sites for hydroxylation is 1. The fourth-order valence-electron chi connectivity index (χ4n) is 4.98. The van der Waals surface area contributed by atoms with Crippen LogP contribution in [0.4, 0.5) is 10.3 Å². The van der Waals surface area contributed by atoms with Crippen molar-refractivity contribution in [1.82, 2.24) is 25.3 Å². The smallest absolute Gasteiger partial charge is 0.251 e. The van der Waals surface area contributed by atoms with Gasteiger partial charge in [0.2, 0.25) is 11.8 Å². The van der Waals surface area contributed by atoms with E-state index in [1.54, 1.807) is 36.1 Å². The van der Waals surface area contributed by atoms with Gasteiger partial charge in [-0.25, -0.2) is 24.8 Å². The maximum atomic E-state index is 14.4. The van der Waals surface area contributed by atoms with Gasteiger partial charge in [-0.15, -0.1) is 0 Å². The first kappa shape index (κ1) is 26.4. The van der Waals surface area contributed by atoms with E-state index < -0.39 is 18.0 Å². The molecule has 1 saturated heterocycles. The number of aliphatic hydroxyl groups excluding tert-OH is 1. The lowest BCUT2D eigenvalue weighted by molar-refractivity contribution is -0.140. The number of nitrogens with one attached hydrogen (secondary N) is 1. The molecule has 2 aliphatic heterocycles. The third kappa shape index (κ3) is 5.81. The Hall–Kier alpha value is -4.16. The van der Waals surface area contributed by atoms with E-state index in [2.05, 4.69) is 20.4 Å². The van der Waals surface area contributed by atoms with E-state index in [9.17, 15) is 14.3 Å². The van der Waals surface area contributed by atoms with E-state index in [-0.39, 0.29) is 25.0 Å². The van der Waals surface area contributed by atoms with Crippen LogP contribution in [-0.2, 0) is 16.1 Å². The highest BCUT2D eigenvalue weighted by Gasteiger charge is 2.29. The van der Waals surface area contributed by atoms with E-state index in [1.807, 2.05) is 0 Å². The van der Waals surface area contributed by atoms with Crippen LogP contribution in [0.1, 0.15) is 41.4 Å². The number of amidine groups is 1. The standard InChI is InChI=1S/C27H30FN7O4/c1-15-25-22(33-27(29)30-15)12-21(32-26(25)34-39-14-24(37)35-10-4-5-17(36)13-35)18-9-8-16(28)11-19(18)20-6-3-7-23(31-20)38-2/h3,6-9,11,17,21,36H,4-5,10,12-14H2,1-2H3,(H,32,34)(H2,29,30,33)/t17-,21-/m1/s1. The van der Waals surface area contributed by atoms with Crippen LogP contribution < -0.4 is 16.0 Å². The average Bonchev–Trinajstić information content (AvgIpc) is 2.92. The predicted octanol–water partition coefficient (Wildman–Crippen LogP) is 2.13. The Labute approximate surface area is 224 Å². The van der Waals surface area contributed by atoms with Crippen LogP contribution in [0.15, 0.2) is 41.4 Å². The lowest BCUT2D eigenvalue weighted by atomic mass is 9.91. The Morgan fingerprint density at radius 3 is 2.90 bits per heavy atom. The van der Waals surface area contributed by atoms with Crippen molar-refractivity contribution in [2.75, 3.05) is 32.5 Å². The number of aromatic nitrogens is 3. The number of carbonyl (C=O) groups excluding carboxylic acids is 1. The fraction of sp³-hybridized carbons (Fsp3) is 0.370. The lowest BCUT2D eigenvalue weighted by Crippen LogP contribution is -2.45. The molecule has 0 spiro atoms. The number of aliphatic hydroxyl groups is 1. The van der Waals surface area contributed by atoms with Crippen LogP contribution in [0.25, 0.3) is 11.3 Å². The van der Waals surface area contributed by atoms with Crippen LogP contribution in [0.3, 0.4) is 0 Å². The van der Waals surface area contributed by atoms with Crippen LogP contribution in [0.5, 0.6) is 5.88 Å². The Morgan fingerprint density at radius 2 is 2.10 bits per heavy atom. The molecule has 2 atom stereocenters. The number of amides is 1. The number of hydroxylamine groups is 1. The van der Waals surface area contributed by atoms with Gasteiger partial charge in [-0.2, -0.15) is 0 Å². The molecule has 0 saturated carbocycles. The third-order valence-electron chi connectivity index (χ3n) is 6.79. The number of pyridine rings is 1. The van der Waals surface area contributed by atoms with E-state index in [4.69, 9.17) is 20.3 Å². The number of aliphatic imine (C=N–C) groups is 1. The number of piperidine rings is 1. The van der Waals surface area contributed by atoms with E-state index in [1.165, 1.54) is 19.2 Å². The molecule has 12 heteroatoms. The number of hydrogen-bond donors (Lipinski definition) is 3. The van der Waals surface area contributed by atoms with Crippen molar-refractivity contribution in [3.05, 3.63) is 64.7 Å². The maximum absolute atomic E-state index is 14.4. The molecule has 0 unspecified atom stereocenters. The highest BCUT2D eigenvalue weighted by molar-refractivity contribution is 6.01. The Morgan fingerprint density at radius 1 is 1.26 bits per heavy atom. The molecular weight excluding hydrogens is 505 g/mol. The van der Waals surface area contributed by atoms with Crippen molar-refractivity contribution < 1.29 is 23.9 Å². The molecule has 11 nitrogen and oxygen atoms in total. The highest BCUT2D eigenvalue weighted by Crippen LogP contribution is 2.36. The molecule has 1 aromatic carbocycles. The predicted molar refractivity (Wildman–Crippen MR) is 141 cm³/mol. The number of β-amino-alcohol motifs (C(OH)–C–C–N with tert-alkyl or cyclic N) is 1. The van der Waals surface area contributed by atoms with Gasteiger partial charge in [0.05, 0.1) is 41.9 Å². The monoisotopic (exact) mass is 535 g/mol. The summed E-state index contributed by atoms with van der Waals surface area (Å²) in [5, 5.41) is 9.88. The molecule has 2 aliphatic rings. The fourth-order valence-corrected chi connectivity index (χ4v) is 4.98. The van der Waals surface area contributed by atoms with Crippen LogP contribution in [0.2, 0.25) is 0 Å². The first-order valence-corrected chi connectivity index (χ1v) is 12.7. The van der Waals surface area contributed by atoms with Crippen molar-refractivity contribution in [2.24, 2.45) is 4.99 Å². The zero-order valence-corrected chi connectivity index (χ0v) is 21.7. The first-order valence-electron chi connectivity index (χ1n) is 12.7. The molecular formula is C27H30FN7O4. The van der Waals surface area contributed by atoms with Crippen LogP contribution in [0, 0.1) is 12.7 Å². The molecule has 204 valence electrons. The normalized spacial score (nSPS) is 18.8. The third-order valence-corrected chi connectivity index (χ3v) is 6.79. The summed E-state index contributed by atoms with van der Waals surface area (Å²) in [7, 11) is 1.52. The van der Waals surface area contributed by atoms with Gasteiger partial charge >= 0.3 is 0 Å². The number of nitrogens with two attached hydrogens (primary N) is 1. The summed E-state index contributed by atoms with van der Waals surface area (Å²) >= 11 is 0. The number of fused-ring (bicyclic) bond motifs is 1. The van der Waals surface area contributed by atoms with Crippen molar-refractivity contribution in [1.29, 1.82) is 0 Å². The highest BCUT2D eigenvalue weighted by atomic mass is 19.1. The number of halogens is 1. The van der Waals surface area contributed by atoms with Crippen molar-refractivity contribution in [3.8, 4) is 17.1 Å². The van der Waals surface area contributed by atoms with Gasteiger partial charge in [0.15, 0.2) is 12.4 Å². The number of hydrogen-bond acceptors (Lipinski definition) is 10. The van der Waals surface area contributed by atoms with Gasteiger partial charge in [0.1, 0.15) is 5.82 Å². The number of nitrogen functional groups attached to an aromatic ring is 1. The van der Waals surface area contributed by atoms with Crippen LogP contribution in [-0.4, -0.2) is 69.6 Å². The van der Waals surface area contributed by atoms with Gasteiger partial charge < -0.3 is 20.5 Å². The quantitative estimate of drug-likeness (QED) is 0.404. The number of carbonyl (C=O) groups is 1. The number of nitrogens with zero attached hydrogens (tertiary/aromatic N) is 5. The molecule has 1 amide bonds. The Kier molecular flexibility index (Phi) is 7.66. The number of anilines is 1. The molecule has 4 heterocycles. The number of likely N-dealkylation sites (tertiary alicyclic amines) is 1. The zero-order chi connectivity index (χ0) is 27.5. The number of rotatable bonds is 6. The molecule has 1 fully saturated rings. The van der Waals surface area contributed by atoms with Crippen molar-refractivity contribution in [3.63, 3.8) is 0 Å². The minimum absolute atomic E-state index is 0.125. The largest absolute Gasteiger partial charge is 0.481 e. The summed E-state index contributed by atoms with van der Waals surface area (Å²) in [6.45, 7) is 2.39. The second kappa shape index (κ2) is 11.3. The molecule has 5 rings (SSSR count). The number of ether oxygens (including phenoxy) is 1. The molecule has 0 radical (unpaired) electrons. The van der Waals surface area contributed by atoms with Gasteiger partial charge in [-0.1, -0.05) is 12.1 Å². The topological polar surface area (TPSA) is 148 Å². The summed E-state index contributed by atoms with van der Waals surface area (Å²) in [6, 6.07) is 9.24. The Balaban J connectivity index is 1.46. The minimum Gasteiger partial charge on any atom is -0.481 e. The molecule has 0 aliphatic carbocycles. The van der Waals surface area contributed by atoms with Gasteiger partial charge in [0.25, 0.3) is 5.91 Å². The maximum Gasteiger partial charge on any atom is 0.251 e. The number of benzene rings is 1. The van der Waals surface area contributed by atoms with Gasteiger partial charge in [0, 0.05) is 31.1 Å². The minimum atomic E-state index is -0.528. The molecule has 39 heavy (non-hydrogen) atoms. The first-order chi connectivity index (χ1) is 18.8. The summed E-state index contributed by atoms with van der Waals surface area (Å²) in [5.41, 5.74) is 12.5. The van der Waals surface area contributed by atoms with Gasteiger partial charge in [-0.3, -0.25) is 14.6 Å². The second-order valence-corrected chi connectivity index (χ2v) is 9.51. The molecule has 4 N–H and O–H groups in total. The summed E-state index contributed by atoms with van der Waals surface area (Å²) in [5.74, 6) is 0.200.